The van der Waals surface area contributed by atoms with Gasteiger partial charge in [-0.05, 0) is 43.9 Å². The molecule has 1 saturated heterocycles. The minimum absolute atomic E-state index is 0. The van der Waals surface area contributed by atoms with Crippen LogP contribution in [0.4, 0.5) is 0 Å². The molecule has 0 radical (unpaired) electrons. The first-order valence-electron chi connectivity index (χ1n) is 10.1. The van der Waals surface area contributed by atoms with Crippen LogP contribution < -0.4 is 10.6 Å². The van der Waals surface area contributed by atoms with Crippen LogP contribution in [0.1, 0.15) is 64.2 Å². The average Bonchev–Trinajstić information content (AvgIpc) is 3.50. The van der Waals surface area contributed by atoms with Gasteiger partial charge >= 0.3 is 0 Å². The highest BCUT2D eigenvalue weighted by Gasteiger charge is 2.43. The van der Waals surface area contributed by atoms with Gasteiger partial charge in [-0.1, -0.05) is 32.1 Å². The van der Waals surface area contributed by atoms with Crippen molar-refractivity contribution in [2.45, 2.75) is 82.3 Å². The molecule has 2 atom stereocenters. The molecule has 0 spiro atoms. The fourth-order valence-electron chi connectivity index (χ4n) is 4.85. The number of piperidine rings is 1. The lowest BCUT2D eigenvalue weighted by Gasteiger charge is -2.33. The van der Waals surface area contributed by atoms with Crippen LogP contribution in [0.15, 0.2) is 4.99 Å². The highest BCUT2D eigenvalue weighted by atomic mass is 127. The Morgan fingerprint density at radius 3 is 2.25 bits per heavy atom. The summed E-state index contributed by atoms with van der Waals surface area (Å²) in [5, 5.41) is 7.40. The van der Waals surface area contributed by atoms with E-state index >= 15 is 0 Å². The van der Waals surface area contributed by atoms with Crippen LogP contribution >= 0.6 is 24.0 Å². The summed E-state index contributed by atoms with van der Waals surface area (Å²) in [5.41, 5.74) is 0. The topological polar surface area (TPSA) is 39.7 Å². The lowest BCUT2D eigenvalue weighted by Crippen LogP contribution is -2.49. The van der Waals surface area contributed by atoms with E-state index < -0.39 is 0 Å². The molecule has 2 N–H and O–H groups in total. The van der Waals surface area contributed by atoms with Crippen LogP contribution in [-0.2, 0) is 0 Å². The third-order valence-electron chi connectivity index (χ3n) is 6.57. The lowest BCUT2D eigenvalue weighted by molar-refractivity contribution is 0.197. The van der Waals surface area contributed by atoms with E-state index in [0.717, 1.165) is 23.8 Å². The number of nitrogens with one attached hydrogen (secondary N) is 2. The molecule has 3 saturated carbocycles. The Labute approximate surface area is 164 Å². The van der Waals surface area contributed by atoms with Crippen molar-refractivity contribution < 1.29 is 0 Å². The van der Waals surface area contributed by atoms with E-state index in [-0.39, 0.29) is 24.0 Å². The van der Waals surface area contributed by atoms with Crippen molar-refractivity contribution in [3.63, 3.8) is 0 Å². The quantitative estimate of drug-likeness (QED) is 0.395. The Morgan fingerprint density at radius 2 is 1.62 bits per heavy atom. The summed E-state index contributed by atoms with van der Waals surface area (Å²) in [7, 11) is 1.92. The molecule has 4 rings (SSSR count). The minimum Gasteiger partial charge on any atom is -0.354 e. The summed E-state index contributed by atoms with van der Waals surface area (Å²) >= 11 is 0. The SMILES string of the molecule is CN=C(NC1CCN(C2CC2)CC1)NC1CC1C1CCCCC1.I. The Bertz CT molecular complexity index is 423. The fourth-order valence-corrected chi connectivity index (χ4v) is 4.85. The standard InChI is InChI=1S/C19H34N4.HI/c1-20-19(21-15-9-11-23(12-10-15)16-7-8-16)22-18-13-17(18)14-5-3-2-4-6-14;/h14-18H,2-13H2,1H3,(H2,20,21,22);1H. The number of guanidine groups is 1. The zero-order valence-corrected chi connectivity index (χ0v) is 17.5. The molecule has 4 aliphatic rings. The molecule has 2 unspecified atom stereocenters. The summed E-state index contributed by atoms with van der Waals surface area (Å²) in [5.74, 6) is 2.96. The van der Waals surface area contributed by atoms with Crippen LogP contribution in [0.2, 0.25) is 0 Å². The molecule has 0 aromatic heterocycles. The zero-order valence-electron chi connectivity index (χ0n) is 15.2. The fraction of sp³-hybridized carbons (Fsp3) is 0.947. The molecule has 1 aliphatic heterocycles. The average molecular weight is 446 g/mol. The molecule has 4 fully saturated rings. The molecule has 0 aromatic carbocycles. The predicted molar refractivity (Wildman–Crippen MR) is 111 cm³/mol. The molecule has 24 heavy (non-hydrogen) atoms. The van der Waals surface area contributed by atoms with Gasteiger partial charge < -0.3 is 15.5 Å². The maximum atomic E-state index is 4.49. The van der Waals surface area contributed by atoms with Gasteiger partial charge in [0.05, 0.1) is 0 Å². The van der Waals surface area contributed by atoms with Gasteiger partial charge in [0, 0.05) is 38.3 Å². The highest BCUT2D eigenvalue weighted by Crippen LogP contribution is 2.44. The summed E-state index contributed by atoms with van der Waals surface area (Å²) < 4.78 is 0. The first-order valence-corrected chi connectivity index (χ1v) is 10.1. The van der Waals surface area contributed by atoms with Crippen LogP contribution in [0.25, 0.3) is 0 Å². The van der Waals surface area contributed by atoms with Gasteiger partial charge in [-0.2, -0.15) is 0 Å². The Hall–Kier alpha value is -0.0400. The van der Waals surface area contributed by atoms with E-state index in [0.29, 0.717) is 12.1 Å². The van der Waals surface area contributed by atoms with E-state index in [4.69, 9.17) is 0 Å². The zero-order chi connectivity index (χ0) is 15.6. The molecule has 3 aliphatic carbocycles. The molecular weight excluding hydrogens is 411 g/mol. The number of likely N-dealkylation sites (tertiary alicyclic amines) is 1. The van der Waals surface area contributed by atoms with Gasteiger partial charge in [-0.3, -0.25) is 4.99 Å². The maximum Gasteiger partial charge on any atom is 0.191 e. The normalized spacial score (nSPS) is 33.0. The Kier molecular flexibility index (Phi) is 6.69. The summed E-state index contributed by atoms with van der Waals surface area (Å²) in [4.78, 5) is 7.18. The van der Waals surface area contributed by atoms with Crippen LogP contribution in [0.3, 0.4) is 0 Å². The van der Waals surface area contributed by atoms with Crippen molar-refractivity contribution in [3.8, 4) is 0 Å². The molecular formula is C19H35IN4. The number of hydrogen-bond acceptors (Lipinski definition) is 2. The third-order valence-corrected chi connectivity index (χ3v) is 6.57. The highest BCUT2D eigenvalue weighted by molar-refractivity contribution is 14.0. The summed E-state index contributed by atoms with van der Waals surface area (Å²) in [6, 6.07) is 2.23. The van der Waals surface area contributed by atoms with E-state index in [1.165, 1.54) is 77.3 Å². The second kappa shape index (κ2) is 8.56. The van der Waals surface area contributed by atoms with Crippen LogP contribution in [-0.4, -0.2) is 49.1 Å². The molecule has 0 bridgehead atoms. The number of nitrogens with zero attached hydrogens (tertiary/aromatic N) is 2. The second-order valence-corrected chi connectivity index (χ2v) is 8.31. The van der Waals surface area contributed by atoms with Crippen molar-refractivity contribution >= 4 is 29.9 Å². The third kappa shape index (κ3) is 4.77. The number of halogens is 1. The van der Waals surface area contributed by atoms with E-state index in [1.807, 2.05) is 7.05 Å². The van der Waals surface area contributed by atoms with Crippen molar-refractivity contribution in [2.75, 3.05) is 20.1 Å². The minimum atomic E-state index is 0. The number of rotatable bonds is 4. The Balaban J connectivity index is 0.00000169. The summed E-state index contributed by atoms with van der Waals surface area (Å²) in [6.45, 7) is 2.54. The Morgan fingerprint density at radius 1 is 0.917 bits per heavy atom. The largest absolute Gasteiger partial charge is 0.354 e. The lowest BCUT2D eigenvalue weighted by atomic mass is 9.85. The van der Waals surface area contributed by atoms with Gasteiger partial charge in [-0.25, -0.2) is 0 Å². The van der Waals surface area contributed by atoms with Crippen molar-refractivity contribution in [1.82, 2.24) is 15.5 Å². The maximum absolute atomic E-state index is 4.49. The van der Waals surface area contributed by atoms with E-state index in [9.17, 15) is 0 Å². The first kappa shape index (κ1) is 18.7. The summed E-state index contributed by atoms with van der Waals surface area (Å²) in [6.07, 6.45) is 14.1. The monoisotopic (exact) mass is 446 g/mol. The van der Waals surface area contributed by atoms with E-state index in [1.54, 1.807) is 0 Å². The second-order valence-electron chi connectivity index (χ2n) is 8.31. The van der Waals surface area contributed by atoms with Crippen molar-refractivity contribution in [2.24, 2.45) is 16.8 Å². The smallest absolute Gasteiger partial charge is 0.191 e. The van der Waals surface area contributed by atoms with Crippen LogP contribution in [0.5, 0.6) is 0 Å². The van der Waals surface area contributed by atoms with Crippen molar-refractivity contribution in [3.05, 3.63) is 0 Å². The molecule has 1 heterocycles. The molecule has 0 aromatic rings. The van der Waals surface area contributed by atoms with Gasteiger partial charge in [0.25, 0.3) is 0 Å². The predicted octanol–water partition coefficient (Wildman–Crippen LogP) is 3.37. The van der Waals surface area contributed by atoms with Gasteiger partial charge in [0.2, 0.25) is 0 Å². The van der Waals surface area contributed by atoms with E-state index in [2.05, 4.69) is 20.5 Å². The number of aliphatic imine (C=N–C) groups is 1. The molecule has 138 valence electrons. The van der Waals surface area contributed by atoms with Gasteiger partial charge in [0.15, 0.2) is 5.96 Å². The first-order chi connectivity index (χ1) is 11.3. The molecule has 0 amide bonds. The van der Waals surface area contributed by atoms with Gasteiger partial charge in [0.1, 0.15) is 0 Å². The van der Waals surface area contributed by atoms with Crippen molar-refractivity contribution in [1.29, 1.82) is 0 Å². The van der Waals surface area contributed by atoms with Crippen LogP contribution in [0, 0.1) is 11.8 Å². The number of hydrogen-bond donors (Lipinski definition) is 2. The van der Waals surface area contributed by atoms with Gasteiger partial charge in [-0.15, -0.1) is 24.0 Å². The molecule has 4 nitrogen and oxygen atoms in total. The molecule has 5 heteroatoms.